The average molecular weight is 386 g/mol. The quantitative estimate of drug-likeness (QED) is 0.377. The number of halogens is 1. The number of ether oxygens (including phenoxy) is 1. The van der Waals surface area contributed by atoms with E-state index in [0.29, 0.717) is 15.5 Å². The highest BCUT2D eigenvalue weighted by atomic mass is 79.9. The molecule has 0 aliphatic carbocycles. The van der Waals surface area contributed by atoms with Gasteiger partial charge in [0.15, 0.2) is 5.65 Å². The van der Waals surface area contributed by atoms with Crippen molar-refractivity contribution in [3.8, 4) is 0 Å². The Morgan fingerprint density at radius 3 is 3.00 bits per heavy atom. The molecule has 1 aliphatic rings. The van der Waals surface area contributed by atoms with Crippen LogP contribution >= 0.6 is 15.9 Å². The van der Waals surface area contributed by atoms with Gasteiger partial charge in [-0.25, -0.2) is 9.97 Å². The smallest absolute Gasteiger partial charge is 0.254 e. The molecule has 23 heavy (non-hydrogen) atoms. The highest BCUT2D eigenvalue weighted by Crippen LogP contribution is 2.29. The zero-order valence-electron chi connectivity index (χ0n) is 11.5. The standard InChI is InChI=1S/C11H12BrN7O4/c12-4-2-19(10-6(4)9(13)15-3-16-10)23-11-8(21)7(20)5(22-11)1-17-18-14/h2-3,5,7-8,11,20-21H,1H2,(H2,13,15,16)/t5-,7-,8-,11+/m1/s1. The summed E-state index contributed by atoms with van der Waals surface area (Å²) in [4.78, 5) is 16.1. The predicted octanol–water partition coefficient (Wildman–Crippen LogP) is -0.0384. The second-order valence-corrected chi connectivity index (χ2v) is 5.66. The molecular weight excluding hydrogens is 374 g/mol. The van der Waals surface area contributed by atoms with E-state index in [2.05, 4.69) is 35.9 Å². The second kappa shape index (κ2) is 6.18. The van der Waals surface area contributed by atoms with Crippen LogP contribution in [0.4, 0.5) is 5.82 Å². The summed E-state index contributed by atoms with van der Waals surface area (Å²) in [5, 5.41) is 23.8. The summed E-state index contributed by atoms with van der Waals surface area (Å²) in [5.74, 6) is 0.262. The third-order valence-corrected chi connectivity index (χ3v) is 4.00. The molecular formula is C11H12BrN7O4. The van der Waals surface area contributed by atoms with Gasteiger partial charge in [0.05, 0.1) is 28.7 Å². The maximum atomic E-state index is 10.0. The Hall–Kier alpha value is -2.11. The van der Waals surface area contributed by atoms with Crippen molar-refractivity contribution in [2.45, 2.75) is 24.6 Å². The zero-order chi connectivity index (χ0) is 16.6. The Morgan fingerprint density at radius 2 is 2.26 bits per heavy atom. The monoisotopic (exact) mass is 385 g/mol. The summed E-state index contributed by atoms with van der Waals surface area (Å²) in [6, 6.07) is 0. The molecule has 0 aromatic carbocycles. The van der Waals surface area contributed by atoms with E-state index < -0.39 is 24.6 Å². The van der Waals surface area contributed by atoms with Gasteiger partial charge < -0.3 is 25.5 Å². The number of fused-ring (bicyclic) bond motifs is 1. The van der Waals surface area contributed by atoms with Crippen LogP contribution in [0.3, 0.4) is 0 Å². The lowest BCUT2D eigenvalue weighted by Gasteiger charge is -2.17. The molecule has 1 aliphatic heterocycles. The van der Waals surface area contributed by atoms with Gasteiger partial charge in [0.1, 0.15) is 24.4 Å². The van der Waals surface area contributed by atoms with Crippen molar-refractivity contribution < 1.29 is 19.8 Å². The van der Waals surface area contributed by atoms with E-state index in [0.717, 1.165) is 0 Å². The number of anilines is 1. The largest absolute Gasteiger partial charge is 0.387 e. The molecule has 0 saturated carbocycles. The van der Waals surface area contributed by atoms with E-state index in [-0.39, 0.29) is 12.4 Å². The highest BCUT2D eigenvalue weighted by Gasteiger charge is 2.44. The minimum atomic E-state index is -1.32. The summed E-state index contributed by atoms with van der Waals surface area (Å²) in [5.41, 5.74) is 14.5. The van der Waals surface area contributed by atoms with Gasteiger partial charge in [0, 0.05) is 4.91 Å². The van der Waals surface area contributed by atoms with Gasteiger partial charge in [-0.2, -0.15) is 4.73 Å². The van der Waals surface area contributed by atoms with Crippen molar-refractivity contribution in [3.63, 3.8) is 0 Å². The van der Waals surface area contributed by atoms with Gasteiger partial charge in [0.2, 0.25) is 0 Å². The molecule has 122 valence electrons. The van der Waals surface area contributed by atoms with Crippen LogP contribution < -0.4 is 10.6 Å². The highest BCUT2D eigenvalue weighted by molar-refractivity contribution is 9.10. The molecule has 12 heteroatoms. The predicted molar refractivity (Wildman–Crippen MR) is 80.9 cm³/mol. The van der Waals surface area contributed by atoms with Gasteiger partial charge in [-0.3, -0.25) is 0 Å². The molecule has 0 bridgehead atoms. The van der Waals surface area contributed by atoms with E-state index >= 15 is 0 Å². The van der Waals surface area contributed by atoms with Crippen LogP contribution in [0, 0.1) is 0 Å². The number of aliphatic hydroxyl groups is 2. The zero-order valence-corrected chi connectivity index (χ0v) is 13.1. The van der Waals surface area contributed by atoms with Crippen molar-refractivity contribution >= 4 is 32.8 Å². The van der Waals surface area contributed by atoms with Gasteiger partial charge >= 0.3 is 0 Å². The summed E-state index contributed by atoms with van der Waals surface area (Å²) in [7, 11) is 0. The Balaban J connectivity index is 1.85. The van der Waals surface area contributed by atoms with Crippen LogP contribution in [0.25, 0.3) is 21.5 Å². The van der Waals surface area contributed by atoms with Crippen LogP contribution in [0.5, 0.6) is 0 Å². The molecule has 3 rings (SSSR count). The first-order chi connectivity index (χ1) is 11.0. The lowest BCUT2D eigenvalue weighted by atomic mass is 10.1. The lowest BCUT2D eigenvalue weighted by Crippen LogP contribution is -2.38. The Labute approximate surface area is 137 Å². The fourth-order valence-electron chi connectivity index (χ4n) is 2.28. The van der Waals surface area contributed by atoms with Crippen molar-refractivity contribution in [1.29, 1.82) is 0 Å². The number of azide groups is 1. The number of nitrogens with zero attached hydrogens (tertiary/aromatic N) is 6. The molecule has 4 atom stereocenters. The summed E-state index contributed by atoms with van der Waals surface area (Å²) >= 11 is 3.32. The van der Waals surface area contributed by atoms with Gasteiger partial charge in [-0.05, 0) is 21.5 Å². The first-order valence-electron chi connectivity index (χ1n) is 6.49. The molecule has 0 radical (unpaired) electrons. The number of aromatic nitrogens is 3. The Bertz CT molecular complexity index is 777. The fraction of sp³-hybridized carbons (Fsp3) is 0.455. The fourth-order valence-corrected chi connectivity index (χ4v) is 2.84. The first kappa shape index (κ1) is 15.8. The molecule has 4 N–H and O–H groups in total. The van der Waals surface area contributed by atoms with Crippen LogP contribution in [-0.2, 0) is 4.74 Å². The van der Waals surface area contributed by atoms with Crippen molar-refractivity contribution in [2.24, 2.45) is 5.11 Å². The first-order valence-corrected chi connectivity index (χ1v) is 7.29. The van der Waals surface area contributed by atoms with E-state index in [1.54, 1.807) is 6.20 Å². The molecule has 3 heterocycles. The average Bonchev–Trinajstić information content (AvgIpc) is 2.98. The maximum Gasteiger partial charge on any atom is 0.254 e. The van der Waals surface area contributed by atoms with E-state index in [4.69, 9.17) is 20.8 Å². The third kappa shape index (κ3) is 2.78. The molecule has 0 spiro atoms. The maximum absolute atomic E-state index is 10.0. The molecule has 2 aromatic heterocycles. The molecule has 0 amide bonds. The molecule has 2 aromatic rings. The van der Waals surface area contributed by atoms with Gasteiger partial charge in [0.25, 0.3) is 6.29 Å². The normalized spacial score (nSPS) is 27.1. The molecule has 0 unspecified atom stereocenters. The van der Waals surface area contributed by atoms with Gasteiger partial charge in [-0.1, -0.05) is 5.11 Å². The molecule has 1 saturated heterocycles. The van der Waals surface area contributed by atoms with E-state index in [1.165, 1.54) is 11.1 Å². The molecule has 1 fully saturated rings. The van der Waals surface area contributed by atoms with Crippen LogP contribution in [0.15, 0.2) is 22.1 Å². The van der Waals surface area contributed by atoms with E-state index in [1.807, 2.05) is 0 Å². The minimum absolute atomic E-state index is 0.125. The second-order valence-electron chi connectivity index (χ2n) is 4.80. The molecule has 11 nitrogen and oxygen atoms in total. The summed E-state index contributed by atoms with van der Waals surface area (Å²) < 4.78 is 7.24. The number of nitrogens with two attached hydrogens (primary N) is 1. The number of aliphatic hydroxyl groups excluding tert-OH is 2. The SMILES string of the molecule is [N-]=[N+]=NC[C@H]1O[C@@H](On2cc(Br)c3c(N)ncnc32)[C@H](O)[C@@H]1O. The number of hydrogen-bond acceptors (Lipinski definition) is 8. The third-order valence-electron chi connectivity index (χ3n) is 3.40. The van der Waals surface area contributed by atoms with Crippen LogP contribution in [0.2, 0.25) is 0 Å². The summed E-state index contributed by atoms with van der Waals surface area (Å²) in [6.45, 7) is -0.125. The Morgan fingerprint density at radius 1 is 1.48 bits per heavy atom. The van der Waals surface area contributed by atoms with Crippen LogP contribution in [-0.4, -0.2) is 56.1 Å². The topological polar surface area (TPSA) is 164 Å². The van der Waals surface area contributed by atoms with Gasteiger partial charge in [-0.15, -0.1) is 0 Å². The van der Waals surface area contributed by atoms with Crippen molar-refractivity contribution in [1.82, 2.24) is 14.7 Å². The van der Waals surface area contributed by atoms with Crippen LogP contribution in [0.1, 0.15) is 0 Å². The van der Waals surface area contributed by atoms with Crippen molar-refractivity contribution in [2.75, 3.05) is 12.3 Å². The van der Waals surface area contributed by atoms with Crippen molar-refractivity contribution in [3.05, 3.63) is 27.4 Å². The minimum Gasteiger partial charge on any atom is -0.387 e. The number of nitrogen functional groups attached to an aromatic ring is 1. The number of hydrogen-bond donors (Lipinski definition) is 3. The lowest BCUT2D eigenvalue weighted by molar-refractivity contribution is -0.163. The summed E-state index contributed by atoms with van der Waals surface area (Å²) in [6.07, 6.45) is -1.77. The van der Waals surface area contributed by atoms with E-state index in [9.17, 15) is 10.2 Å². The Kier molecular flexibility index (Phi) is 4.24. The number of rotatable bonds is 4.